The van der Waals surface area contributed by atoms with Gasteiger partial charge in [-0.15, -0.1) is 0 Å². The van der Waals surface area contributed by atoms with E-state index in [4.69, 9.17) is 0 Å². The second kappa shape index (κ2) is 8.72. The van der Waals surface area contributed by atoms with Crippen LogP contribution < -0.4 is 20.9 Å². The molecule has 11 heteroatoms. The minimum atomic E-state index is -4.85. The van der Waals surface area contributed by atoms with E-state index >= 15 is 0 Å². The first-order valence-corrected chi connectivity index (χ1v) is 9.37. The Morgan fingerprint density at radius 1 is 1.27 bits per heavy atom. The van der Waals surface area contributed by atoms with E-state index in [1.165, 1.54) is 13.3 Å². The Hall–Kier alpha value is -3.11. The third-order valence-corrected chi connectivity index (χ3v) is 4.95. The maximum atomic E-state index is 13.6. The van der Waals surface area contributed by atoms with Gasteiger partial charge in [0.05, 0.1) is 5.56 Å². The Morgan fingerprint density at radius 3 is 2.73 bits per heavy atom. The molecule has 2 amide bonds. The molecule has 0 saturated carbocycles. The van der Waals surface area contributed by atoms with Gasteiger partial charge in [0.2, 0.25) is 0 Å². The predicted molar refractivity (Wildman–Crippen MR) is 105 cm³/mol. The molecule has 1 atom stereocenters. The minimum Gasteiger partial charge on any atom is -0.373 e. The Bertz CT molecular complexity index is 920. The molecule has 3 rings (SSSR count). The number of urea groups is 1. The molecule has 1 fully saturated rings. The van der Waals surface area contributed by atoms with Crippen molar-refractivity contribution in [3.05, 3.63) is 41.5 Å². The standard InChI is InChI=1S/C19H22F4N6O/c1-11-6-14(20)13(19(21,22)23)7-15(11)28-18(30)25-9-12-4-3-5-29(12)17-8-16(24-2)26-10-27-17/h6-8,10,12H,3-5,9H2,1-2H3,(H,24,26,27)(H2,25,28,30). The van der Waals surface area contributed by atoms with E-state index in [0.29, 0.717) is 11.9 Å². The van der Waals surface area contributed by atoms with Gasteiger partial charge in [-0.05, 0) is 37.5 Å². The number of rotatable bonds is 5. The molecule has 0 aliphatic carbocycles. The lowest BCUT2D eigenvalue weighted by molar-refractivity contribution is -0.139. The van der Waals surface area contributed by atoms with Crippen molar-refractivity contribution in [2.75, 3.05) is 35.7 Å². The van der Waals surface area contributed by atoms with Gasteiger partial charge < -0.3 is 20.9 Å². The quantitative estimate of drug-likeness (QED) is 0.634. The van der Waals surface area contributed by atoms with Gasteiger partial charge in [0, 0.05) is 37.9 Å². The smallest absolute Gasteiger partial charge is 0.373 e. The van der Waals surface area contributed by atoms with Crippen LogP contribution in [0.1, 0.15) is 24.0 Å². The van der Waals surface area contributed by atoms with E-state index in [9.17, 15) is 22.4 Å². The first kappa shape index (κ1) is 21.6. The fourth-order valence-electron chi connectivity index (χ4n) is 3.39. The average molecular weight is 426 g/mol. The third-order valence-electron chi connectivity index (χ3n) is 4.95. The fourth-order valence-corrected chi connectivity index (χ4v) is 3.39. The van der Waals surface area contributed by atoms with Gasteiger partial charge in [0.25, 0.3) is 0 Å². The molecule has 1 aliphatic heterocycles. The minimum absolute atomic E-state index is 0.0181. The van der Waals surface area contributed by atoms with Crippen molar-refractivity contribution in [2.24, 2.45) is 0 Å². The van der Waals surface area contributed by atoms with Crippen LogP contribution in [0.4, 0.5) is 39.7 Å². The molecule has 2 aromatic rings. The highest BCUT2D eigenvalue weighted by molar-refractivity contribution is 5.90. The number of carbonyl (C=O) groups excluding carboxylic acids is 1. The summed E-state index contributed by atoms with van der Waals surface area (Å²) in [4.78, 5) is 22.7. The van der Waals surface area contributed by atoms with Gasteiger partial charge in [0.15, 0.2) is 0 Å². The molecule has 0 spiro atoms. The highest BCUT2D eigenvalue weighted by Gasteiger charge is 2.35. The number of anilines is 3. The van der Waals surface area contributed by atoms with Crippen molar-refractivity contribution in [3.63, 3.8) is 0 Å². The molecule has 2 heterocycles. The zero-order chi connectivity index (χ0) is 21.9. The summed E-state index contributed by atoms with van der Waals surface area (Å²) < 4.78 is 52.4. The lowest BCUT2D eigenvalue weighted by Crippen LogP contribution is -2.42. The summed E-state index contributed by atoms with van der Waals surface area (Å²) >= 11 is 0. The molecular weight excluding hydrogens is 404 g/mol. The topological polar surface area (TPSA) is 82.2 Å². The van der Waals surface area contributed by atoms with Gasteiger partial charge in [-0.25, -0.2) is 19.2 Å². The number of amides is 2. The van der Waals surface area contributed by atoms with Crippen molar-refractivity contribution in [3.8, 4) is 0 Å². The Balaban J connectivity index is 1.64. The number of halogens is 4. The molecule has 1 unspecified atom stereocenters. The van der Waals surface area contributed by atoms with E-state index in [1.54, 1.807) is 13.1 Å². The highest BCUT2D eigenvalue weighted by Crippen LogP contribution is 2.34. The number of nitrogens with zero attached hydrogens (tertiary/aromatic N) is 3. The number of carbonyl (C=O) groups is 1. The van der Waals surface area contributed by atoms with Gasteiger partial charge in [-0.2, -0.15) is 13.2 Å². The van der Waals surface area contributed by atoms with E-state index in [-0.39, 0.29) is 23.8 Å². The molecule has 0 bridgehead atoms. The van der Waals surface area contributed by atoms with Crippen molar-refractivity contribution < 1.29 is 22.4 Å². The molecule has 7 nitrogen and oxygen atoms in total. The zero-order valence-electron chi connectivity index (χ0n) is 16.5. The summed E-state index contributed by atoms with van der Waals surface area (Å²) in [6, 6.07) is 2.48. The summed E-state index contributed by atoms with van der Waals surface area (Å²) in [5.74, 6) is 0.0187. The maximum absolute atomic E-state index is 13.6. The third kappa shape index (κ3) is 4.89. The first-order chi connectivity index (χ1) is 14.2. The van der Waals surface area contributed by atoms with E-state index in [2.05, 4.69) is 25.9 Å². The molecule has 1 aliphatic rings. The number of aryl methyl sites for hydroxylation is 1. The molecule has 1 aromatic heterocycles. The normalized spacial score (nSPS) is 16.5. The summed E-state index contributed by atoms with van der Waals surface area (Å²) in [6.07, 6.45) is -1.66. The van der Waals surface area contributed by atoms with E-state index in [1.807, 2.05) is 4.90 Å². The van der Waals surface area contributed by atoms with Gasteiger partial charge in [-0.3, -0.25) is 0 Å². The number of nitrogens with one attached hydrogen (secondary N) is 3. The van der Waals surface area contributed by atoms with Crippen LogP contribution in [0, 0.1) is 12.7 Å². The summed E-state index contributed by atoms with van der Waals surface area (Å²) in [5, 5.41) is 7.99. The largest absolute Gasteiger partial charge is 0.419 e. The summed E-state index contributed by atoms with van der Waals surface area (Å²) in [6.45, 7) is 2.46. The van der Waals surface area contributed by atoms with Crippen LogP contribution in [0.5, 0.6) is 0 Å². The molecule has 1 saturated heterocycles. The Labute approximate surface area is 170 Å². The second-order valence-electron chi connectivity index (χ2n) is 6.98. The fraction of sp³-hybridized carbons (Fsp3) is 0.421. The maximum Gasteiger partial charge on any atom is 0.419 e. The number of aromatic nitrogens is 2. The number of alkyl halides is 3. The van der Waals surface area contributed by atoms with Crippen LogP contribution in [0.3, 0.4) is 0 Å². The van der Waals surface area contributed by atoms with Crippen LogP contribution in [0.2, 0.25) is 0 Å². The van der Waals surface area contributed by atoms with Gasteiger partial charge in [0.1, 0.15) is 23.8 Å². The lowest BCUT2D eigenvalue weighted by Gasteiger charge is -2.26. The van der Waals surface area contributed by atoms with Crippen LogP contribution in [-0.4, -0.2) is 42.2 Å². The summed E-state index contributed by atoms with van der Waals surface area (Å²) in [7, 11) is 1.75. The molecule has 3 N–H and O–H groups in total. The first-order valence-electron chi connectivity index (χ1n) is 9.37. The van der Waals surface area contributed by atoms with Crippen molar-refractivity contribution in [2.45, 2.75) is 32.0 Å². The van der Waals surface area contributed by atoms with Crippen LogP contribution in [0.15, 0.2) is 24.5 Å². The van der Waals surface area contributed by atoms with Crippen LogP contribution >= 0.6 is 0 Å². The summed E-state index contributed by atoms with van der Waals surface area (Å²) in [5.41, 5.74) is -1.33. The zero-order valence-corrected chi connectivity index (χ0v) is 16.5. The van der Waals surface area contributed by atoms with Gasteiger partial charge in [-0.1, -0.05) is 0 Å². The molecule has 30 heavy (non-hydrogen) atoms. The Morgan fingerprint density at radius 2 is 2.03 bits per heavy atom. The molecular formula is C19H22F4N6O. The van der Waals surface area contributed by atoms with Crippen LogP contribution in [-0.2, 0) is 6.18 Å². The Kier molecular flexibility index (Phi) is 6.28. The average Bonchev–Trinajstić information content (AvgIpc) is 3.16. The van der Waals surface area contributed by atoms with Crippen molar-refractivity contribution >= 4 is 23.4 Å². The molecule has 162 valence electrons. The number of hydrogen-bond acceptors (Lipinski definition) is 5. The van der Waals surface area contributed by atoms with Crippen molar-refractivity contribution in [1.29, 1.82) is 0 Å². The SMILES string of the molecule is CNc1cc(N2CCCC2CNC(=O)Nc2cc(C(F)(F)F)c(F)cc2C)ncn1. The number of hydrogen-bond donors (Lipinski definition) is 3. The highest BCUT2D eigenvalue weighted by atomic mass is 19.4. The number of benzene rings is 1. The van der Waals surface area contributed by atoms with E-state index < -0.39 is 23.6 Å². The lowest BCUT2D eigenvalue weighted by atomic mass is 10.1. The van der Waals surface area contributed by atoms with E-state index in [0.717, 1.165) is 31.3 Å². The predicted octanol–water partition coefficient (Wildman–Crippen LogP) is 3.78. The second-order valence-corrected chi connectivity index (χ2v) is 6.98. The van der Waals surface area contributed by atoms with Crippen molar-refractivity contribution in [1.82, 2.24) is 15.3 Å². The van der Waals surface area contributed by atoms with Gasteiger partial charge >= 0.3 is 12.2 Å². The molecule has 1 aromatic carbocycles. The molecule has 0 radical (unpaired) electrons. The monoisotopic (exact) mass is 426 g/mol. The van der Waals surface area contributed by atoms with Crippen LogP contribution in [0.25, 0.3) is 0 Å².